The Hall–Kier alpha value is -0.510. The van der Waals surface area contributed by atoms with Crippen LogP contribution in [0.4, 0.5) is 0 Å². The normalized spacial score (nSPS) is 13.3. The van der Waals surface area contributed by atoms with Crippen LogP contribution in [0.2, 0.25) is 0 Å². The molecule has 2 N–H and O–H groups in total. The third-order valence-electron chi connectivity index (χ3n) is 3.14. The van der Waals surface area contributed by atoms with Gasteiger partial charge in [-0.2, -0.15) is 0 Å². The van der Waals surface area contributed by atoms with Crippen LogP contribution in [0, 0.1) is 0 Å². The van der Waals surface area contributed by atoms with Gasteiger partial charge in [-0.05, 0) is 38.1 Å². The molecule has 3 heteroatoms. The minimum absolute atomic E-state index is 0.459. The van der Waals surface area contributed by atoms with Crippen LogP contribution in [-0.2, 0) is 6.42 Å². The number of rotatable bonds is 7. The van der Waals surface area contributed by atoms with E-state index in [4.69, 9.17) is 5.73 Å². The van der Waals surface area contributed by atoms with Gasteiger partial charge in [0.05, 0.1) is 0 Å². The average Bonchev–Trinajstić information content (AvgIpc) is 2.36. The zero-order valence-corrected chi connectivity index (χ0v) is 12.8. The minimum Gasteiger partial charge on any atom is -0.329 e. The van der Waals surface area contributed by atoms with Gasteiger partial charge in [0.1, 0.15) is 0 Å². The topological polar surface area (TPSA) is 29.3 Å². The molecule has 102 valence electrons. The van der Waals surface area contributed by atoms with E-state index in [0.717, 1.165) is 19.5 Å². The summed E-state index contributed by atoms with van der Waals surface area (Å²) >= 11 is 1.91. The highest BCUT2D eigenvalue weighted by Gasteiger charge is 2.06. The maximum Gasteiger partial charge on any atom is 0.0187 e. The summed E-state index contributed by atoms with van der Waals surface area (Å²) in [6.45, 7) is 8.40. The van der Waals surface area contributed by atoms with Crippen molar-refractivity contribution in [1.29, 1.82) is 0 Å². The molecule has 18 heavy (non-hydrogen) atoms. The lowest BCUT2D eigenvalue weighted by atomic mass is 10.1. The van der Waals surface area contributed by atoms with Gasteiger partial charge in [-0.1, -0.05) is 26.0 Å². The molecule has 2 nitrogen and oxygen atoms in total. The molecule has 1 aromatic rings. The van der Waals surface area contributed by atoms with Gasteiger partial charge < -0.3 is 10.6 Å². The Balaban J connectivity index is 2.44. The standard InChI is InChI=1S/C15H26N2S/c1-12(2)18-15-7-5-14(6-8-15)9-10-17(4)13(3)11-16/h5-8,12-13H,9-11,16H2,1-4H3. The maximum absolute atomic E-state index is 5.66. The van der Waals surface area contributed by atoms with Crippen LogP contribution in [0.15, 0.2) is 29.2 Å². The summed E-state index contributed by atoms with van der Waals surface area (Å²) < 4.78 is 0. The van der Waals surface area contributed by atoms with Gasteiger partial charge in [0, 0.05) is 29.3 Å². The van der Waals surface area contributed by atoms with E-state index in [1.165, 1.54) is 10.5 Å². The van der Waals surface area contributed by atoms with E-state index in [2.05, 4.69) is 57.0 Å². The predicted molar refractivity (Wildman–Crippen MR) is 82.3 cm³/mol. The van der Waals surface area contributed by atoms with E-state index in [0.29, 0.717) is 11.3 Å². The number of nitrogens with zero attached hydrogens (tertiary/aromatic N) is 1. The second kappa shape index (κ2) is 7.82. The Bertz CT molecular complexity index is 335. The monoisotopic (exact) mass is 266 g/mol. The summed E-state index contributed by atoms with van der Waals surface area (Å²) in [7, 11) is 2.14. The Kier molecular flexibility index (Phi) is 6.76. The smallest absolute Gasteiger partial charge is 0.0187 e. The fraction of sp³-hybridized carbons (Fsp3) is 0.600. The summed E-state index contributed by atoms with van der Waals surface area (Å²) in [6, 6.07) is 9.40. The molecule has 0 aliphatic rings. The molecule has 0 saturated carbocycles. The van der Waals surface area contributed by atoms with Crippen LogP contribution in [0.1, 0.15) is 26.3 Å². The fourth-order valence-corrected chi connectivity index (χ4v) is 2.55. The quantitative estimate of drug-likeness (QED) is 0.769. The van der Waals surface area contributed by atoms with Crippen molar-refractivity contribution in [2.75, 3.05) is 20.1 Å². The highest BCUT2D eigenvalue weighted by molar-refractivity contribution is 7.99. The number of hydrogen-bond donors (Lipinski definition) is 1. The van der Waals surface area contributed by atoms with Gasteiger partial charge in [0.15, 0.2) is 0 Å². The molecule has 0 aliphatic carbocycles. The van der Waals surface area contributed by atoms with E-state index in [9.17, 15) is 0 Å². The largest absolute Gasteiger partial charge is 0.329 e. The molecular weight excluding hydrogens is 240 g/mol. The zero-order chi connectivity index (χ0) is 13.5. The Morgan fingerprint density at radius 1 is 1.17 bits per heavy atom. The second-order valence-corrected chi connectivity index (χ2v) is 6.78. The first-order valence-corrected chi connectivity index (χ1v) is 7.56. The summed E-state index contributed by atoms with van der Waals surface area (Å²) in [5.74, 6) is 0. The van der Waals surface area contributed by atoms with Crippen LogP contribution in [-0.4, -0.2) is 36.3 Å². The second-order valence-electron chi connectivity index (χ2n) is 5.13. The number of hydrogen-bond acceptors (Lipinski definition) is 3. The molecule has 1 aromatic carbocycles. The SMILES string of the molecule is CC(C)Sc1ccc(CCN(C)C(C)CN)cc1. The summed E-state index contributed by atoms with van der Waals surface area (Å²) in [4.78, 5) is 3.67. The Labute approximate surface area is 116 Å². The lowest BCUT2D eigenvalue weighted by molar-refractivity contribution is 0.266. The lowest BCUT2D eigenvalue weighted by Crippen LogP contribution is -2.36. The molecular formula is C15H26N2S. The van der Waals surface area contributed by atoms with Gasteiger partial charge in [-0.15, -0.1) is 11.8 Å². The predicted octanol–water partition coefficient (Wildman–Crippen LogP) is 3.01. The van der Waals surface area contributed by atoms with E-state index in [-0.39, 0.29) is 0 Å². The summed E-state index contributed by atoms with van der Waals surface area (Å²) in [6.07, 6.45) is 1.09. The van der Waals surface area contributed by atoms with Crippen molar-refractivity contribution in [3.05, 3.63) is 29.8 Å². The van der Waals surface area contributed by atoms with E-state index < -0.39 is 0 Å². The summed E-state index contributed by atoms with van der Waals surface area (Å²) in [5.41, 5.74) is 7.07. The molecule has 1 atom stereocenters. The Morgan fingerprint density at radius 2 is 1.78 bits per heavy atom. The maximum atomic E-state index is 5.66. The van der Waals surface area contributed by atoms with E-state index >= 15 is 0 Å². The van der Waals surface area contributed by atoms with Crippen molar-refractivity contribution in [3.63, 3.8) is 0 Å². The van der Waals surface area contributed by atoms with Crippen LogP contribution in [0.3, 0.4) is 0 Å². The van der Waals surface area contributed by atoms with Crippen LogP contribution < -0.4 is 5.73 Å². The molecule has 1 unspecified atom stereocenters. The third kappa shape index (κ3) is 5.42. The molecule has 1 rings (SSSR count). The number of benzene rings is 1. The molecule has 0 saturated heterocycles. The van der Waals surface area contributed by atoms with Gasteiger partial charge in [0.25, 0.3) is 0 Å². The van der Waals surface area contributed by atoms with Gasteiger partial charge in [-0.3, -0.25) is 0 Å². The van der Waals surface area contributed by atoms with Crippen molar-refractivity contribution in [2.45, 2.75) is 43.4 Å². The molecule has 0 radical (unpaired) electrons. The van der Waals surface area contributed by atoms with Crippen LogP contribution >= 0.6 is 11.8 Å². The van der Waals surface area contributed by atoms with Crippen molar-refractivity contribution < 1.29 is 0 Å². The van der Waals surface area contributed by atoms with Crippen molar-refractivity contribution in [1.82, 2.24) is 4.90 Å². The highest BCUT2D eigenvalue weighted by atomic mass is 32.2. The van der Waals surface area contributed by atoms with Crippen molar-refractivity contribution in [3.8, 4) is 0 Å². The molecule has 0 spiro atoms. The molecule has 0 aromatic heterocycles. The first-order valence-electron chi connectivity index (χ1n) is 6.68. The van der Waals surface area contributed by atoms with Gasteiger partial charge in [0.2, 0.25) is 0 Å². The molecule has 0 aliphatic heterocycles. The zero-order valence-electron chi connectivity index (χ0n) is 12.0. The third-order valence-corrected chi connectivity index (χ3v) is 4.16. The average molecular weight is 266 g/mol. The highest BCUT2D eigenvalue weighted by Crippen LogP contribution is 2.22. The van der Waals surface area contributed by atoms with Gasteiger partial charge in [-0.25, -0.2) is 0 Å². The van der Waals surface area contributed by atoms with Gasteiger partial charge >= 0.3 is 0 Å². The van der Waals surface area contributed by atoms with Crippen molar-refractivity contribution >= 4 is 11.8 Å². The van der Waals surface area contributed by atoms with E-state index in [1.807, 2.05) is 11.8 Å². The lowest BCUT2D eigenvalue weighted by Gasteiger charge is -2.23. The fourth-order valence-electron chi connectivity index (χ4n) is 1.71. The molecule has 0 fully saturated rings. The van der Waals surface area contributed by atoms with Crippen molar-refractivity contribution in [2.24, 2.45) is 5.73 Å². The van der Waals surface area contributed by atoms with Crippen LogP contribution in [0.25, 0.3) is 0 Å². The Morgan fingerprint density at radius 3 is 2.28 bits per heavy atom. The number of thioether (sulfide) groups is 1. The molecule has 0 heterocycles. The molecule has 0 amide bonds. The van der Waals surface area contributed by atoms with Crippen LogP contribution in [0.5, 0.6) is 0 Å². The first kappa shape index (κ1) is 15.5. The summed E-state index contributed by atoms with van der Waals surface area (Å²) in [5, 5.41) is 0.646. The van der Waals surface area contributed by atoms with E-state index in [1.54, 1.807) is 0 Å². The number of nitrogens with two attached hydrogens (primary N) is 1. The minimum atomic E-state index is 0.459. The number of likely N-dealkylation sites (N-methyl/N-ethyl adjacent to an activating group) is 1. The first-order chi connectivity index (χ1) is 8.52. The molecule has 0 bridgehead atoms.